The number of para-hydroxylation sites is 2. The van der Waals surface area contributed by atoms with Crippen molar-refractivity contribution < 1.29 is 4.79 Å². The van der Waals surface area contributed by atoms with Crippen molar-refractivity contribution in [2.75, 3.05) is 29.1 Å². The minimum Gasteiger partial charge on any atom is -0.360 e. The maximum Gasteiger partial charge on any atom is 0.243 e. The van der Waals surface area contributed by atoms with Crippen LogP contribution in [0.25, 0.3) is 0 Å². The number of anilines is 2. The molecular weight excluding hydrogens is 340 g/mol. The molecule has 0 aliphatic carbocycles. The highest BCUT2D eigenvalue weighted by Crippen LogP contribution is 2.35. The van der Waals surface area contributed by atoms with E-state index in [1.807, 2.05) is 17.8 Å². The second-order valence-electron chi connectivity index (χ2n) is 7.41. The number of amides is 1. The summed E-state index contributed by atoms with van der Waals surface area (Å²) < 4.78 is 0. The highest BCUT2D eigenvalue weighted by molar-refractivity contribution is 7.99. The normalized spacial score (nSPS) is 13.8. The van der Waals surface area contributed by atoms with E-state index in [1.165, 1.54) is 21.7 Å². The summed E-state index contributed by atoms with van der Waals surface area (Å²) in [5.74, 6) is 1.82. The Morgan fingerprint density at radius 3 is 2.35 bits per heavy atom. The minimum atomic E-state index is 0.0571. The molecule has 1 amide bonds. The number of fused-ring (bicyclic) bond motifs is 1. The lowest BCUT2D eigenvalue weighted by molar-refractivity contribution is -0.115. The molecule has 0 saturated carbocycles. The topological polar surface area (TPSA) is 32.3 Å². The van der Waals surface area contributed by atoms with Gasteiger partial charge < -0.3 is 10.2 Å². The predicted molar refractivity (Wildman–Crippen MR) is 113 cm³/mol. The van der Waals surface area contributed by atoms with Crippen LogP contribution in [0.15, 0.2) is 47.4 Å². The third kappa shape index (κ3) is 4.07. The summed E-state index contributed by atoms with van der Waals surface area (Å²) in [7, 11) is 0. The molecule has 0 unspecified atom stereocenters. The van der Waals surface area contributed by atoms with E-state index in [0.29, 0.717) is 18.4 Å². The van der Waals surface area contributed by atoms with Gasteiger partial charge in [-0.25, -0.2) is 0 Å². The van der Waals surface area contributed by atoms with Crippen LogP contribution in [0.4, 0.5) is 11.4 Å². The van der Waals surface area contributed by atoms with E-state index in [0.717, 1.165) is 18.0 Å². The number of rotatable bonds is 5. The smallest absolute Gasteiger partial charge is 0.243 e. The maximum atomic E-state index is 12.9. The molecule has 2 aromatic rings. The molecule has 0 radical (unpaired) electrons. The van der Waals surface area contributed by atoms with Crippen LogP contribution in [-0.4, -0.2) is 24.7 Å². The van der Waals surface area contributed by atoms with Crippen LogP contribution in [0.1, 0.15) is 50.7 Å². The Morgan fingerprint density at radius 1 is 1.04 bits per heavy atom. The number of hydrogen-bond acceptors (Lipinski definition) is 3. The fraction of sp³-hybridized carbons (Fsp3) is 0.409. The zero-order valence-corrected chi connectivity index (χ0v) is 16.9. The lowest BCUT2D eigenvalue weighted by Crippen LogP contribution is -2.37. The van der Waals surface area contributed by atoms with E-state index >= 15 is 0 Å². The second-order valence-corrected chi connectivity index (χ2v) is 8.54. The summed E-state index contributed by atoms with van der Waals surface area (Å²) in [5.41, 5.74) is 4.58. The van der Waals surface area contributed by atoms with Gasteiger partial charge in [-0.05, 0) is 35.1 Å². The third-order valence-electron chi connectivity index (χ3n) is 4.80. The largest absolute Gasteiger partial charge is 0.360 e. The van der Waals surface area contributed by atoms with E-state index < -0.39 is 0 Å². The molecular formula is C22H28N2OS. The van der Waals surface area contributed by atoms with E-state index in [1.54, 1.807) is 0 Å². The van der Waals surface area contributed by atoms with Crippen molar-refractivity contribution in [1.82, 2.24) is 0 Å². The summed E-state index contributed by atoms with van der Waals surface area (Å²) in [5, 5.41) is 3.23. The van der Waals surface area contributed by atoms with E-state index in [2.05, 4.69) is 74.3 Å². The molecule has 0 saturated heterocycles. The molecule has 3 nitrogen and oxygen atoms in total. The number of thioether (sulfide) groups is 1. The Morgan fingerprint density at radius 2 is 1.69 bits per heavy atom. The van der Waals surface area contributed by atoms with Crippen molar-refractivity contribution in [2.45, 2.75) is 44.4 Å². The van der Waals surface area contributed by atoms with Crippen LogP contribution in [0.3, 0.4) is 0 Å². The molecule has 4 heteroatoms. The van der Waals surface area contributed by atoms with Gasteiger partial charge in [-0.15, -0.1) is 11.8 Å². The fourth-order valence-electron chi connectivity index (χ4n) is 3.44. The molecule has 138 valence electrons. The van der Waals surface area contributed by atoms with Crippen LogP contribution in [-0.2, 0) is 4.79 Å². The van der Waals surface area contributed by atoms with Gasteiger partial charge in [0.25, 0.3) is 0 Å². The van der Waals surface area contributed by atoms with Gasteiger partial charge in [0, 0.05) is 22.9 Å². The Kier molecular flexibility index (Phi) is 5.92. The van der Waals surface area contributed by atoms with E-state index in [-0.39, 0.29) is 5.91 Å². The van der Waals surface area contributed by atoms with E-state index in [9.17, 15) is 4.79 Å². The van der Waals surface area contributed by atoms with Gasteiger partial charge in [0.15, 0.2) is 0 Å². The Bertz CT molecular complexity index is 759. The van der Waals surface area contributed by atoms with Crippen LogP contribution >= 0.6 is 11.8 Å². The van der Waals surface area contributed by atoms with Crippen LogP contribution in [0, 0.1) is 0 Å². The van der Waals surface area contributed by atoms with E-state index in [4.69, 9.17) is 0 Å². The SMILES string of the molecule is CC(C)c1cccc(C(C)C)c1NC(=O)CN1CCSc2ccccc21. The van der Waals surface area contributed by atoms with Gasteiger partial charge in [0.1, 0.15) is 0 Å². The number of carbonyl (C=O) groups is 1. The molecule has 0 fully saturated rings. The molecule has 26 heavy (non-hydrogen) atoms. The van der Waals surface area contributed by atoms with Crippen LogP contribution < -0.4 is 10.2 Å². The van der Waals surface area contributed by atoms with Gasteiger partial charge >= 0.3 is 0 Å². The quantitative estimate of drug-likeness (QED) is 0.758. The van der Waals surface area contributed by atoms with Crippen molar-refractivity contribution >= 4 is 29.0 Å². The number of nitrogens with one attached hydrogen (secondary N) is 1. The van der Waals surface area contributed by atoms with Gasteiger partial charge in [0.05, 0.1) is 12.2 Å². The first kappa shape index (κ1) is 18.8. The van der Waals surface area contributed by atoms with Crippen molar-refractivity contribution in [1.29, 1.82) is 0 Å². The third-order valence-corrected chi connectivity index (χ3v) is 5.84. The second kappa shape index (κ2) is 8.17. The summed E-state index contributed by atoms with van der Waals surface area (Å²) >= 11 is 1.86. The molecule has 1 aliphatic heterocycles. The highest BCUT2D eigenvalue weighted by atomic mass is 32.2. The first-order valence-corrected chi connectivity index (χ1v) is 10.4. The number of hydrogen-bond donors (Lipinski definition) is 1. The molecule has 2 aromatic carbocycles. The lowest BCUT2D eigenvalue weighted by Gasteiger charge is -2.30. The predicted octanol–water partition coefficient (Wildman–Crippen LogP) is 5.48. The molecule has 0 spiro atoms. The van der Waals surface area contributed by atoms with Crippen LogP contribution in [0.2, 0.25) is 0 Å². The van der Waals surface area contributed by atoms with Crippen molar-refractivity contribution in [3.8, 4) is 0 Å². The summed E-state index contributed by atoms with van der Waals surface area (Å²) in [6, 6.07) is 14.7. The van der Waals surface area contributed by atoms with Gasteiger partial charge in [-0.3, -0.25) is 4.79 Å². The van der Waals surface area contributed by atoms with Gasteiger partial charge in [-0.1, -0.05) is 58.0 Å². The van der Waals surface area contributed by atoms with Crippen molar-refractivity contribution in [3.05, 3.63) is 53.6 Å². The minimum absolute atomic E-state index is 0.0571. The Balaban J connectivity index is 1.81. The summed E-state index contributed by atoms with van der Waals surface area (Å²) in [6.45, 7) is 9.99. The first-order chi connectivity index (χ1) is 12.5. The van der Waals surface area contributed by atoms with Crippen molar-refractivity contribution in [3.63, 3.8) is 0 Å². The summed E-state index contributed by atoms with van der Waals surface area (Å²) in [4.78, 5) is 16.3. The zero-order chi connectivity index (χ0) is 18.7. The highest BCUT2D eigenvalue weighted by Gasteiger charge is 2.21. The molecule has 0 aromatic heterocycles. The average Bonchev–Trinajstić information content (AvgIpc) is 2.61. The number of carbonyl (C=O) groups excluding carboxylic acids is 1. The maximum absolute atomic E-state index is 12.9. The lowest BCUT2D eigenvalue weighted by atomic mass is 9.92. The van der Waals surface area contributed by atoms with Gasteiger partial charge in [-0.2, -0.15) is 0 Å². The standard InChI is InChI=1S/C22H28N2OS/c1-15(2)17-8-7-9-18(16(3)4)22(17)23-21(25)14-24-12-13-26-20-11-6-5-10-19(20)24/h5-11,15-16H,12-14H2,1-4H3,(H,23,25). The fourth-order valence-corrected chi connectivity index (χ4v) is 4.49. The Hall–Kier alpha value is -1.94. The van der Waals surface area contributed by atoms with Crippen molar-refractivity contribution in [2.24, 2.45) is 0 Å². The average molecular weight is 369 g/mol. The molecule has 1 heterocycles. The first-order valence-electron chi connectivity index (χ1n) is 9.36. The monoisotopic (exact) mass is 368 g/mol. The van der Waals surface area contributed by atoms with Crippen LogP contribution in [0.5, 0.6) is 0 Å². The molecule has 1 N–H and O–H groups in total. The molecule has 0 bridgehead atoms. The number of nitrogens with zero attached hydrogens (tertiary/aromatic N) is 1. The molecule has 1 aliphatic rings. The Labute approximate surface area is 161 Å². The zero-order valence-electron chi connectivity index (χ0n) is 16.1. The number of benzene rings is 2. The summed E-state index contributed by atoms with van der Waals surface area (Å²) in [6.07, 6.45) is 0. The van der Waals surface area contributed by atoms with Gasteiger partial charge in [0.2, 0.25) is 5.91 Å². The molecule has 0 atom stereocenters. The molecule has 3 rings (SSSR count).